The minimum Gasteiger partial charge on any atom is -0.247 e. The van der Waals surface area contributed by atoms with Crippen molar-refractivity contribution in [1.29, 1.82) is 0 Å². The van der Waals surface area contributed by atoms with Gasteiger partial charge in [-0.1, -0.05) is 13.3 Å². The maximum absolute atomic E-state index is 10.1. The second-order valence-corrected chi connectivity index (χ2v) is 2.76. The fraction of sp³-hybridized carbons (Fsp3) is 0.857. The second kappa shape index (κ2) is 2.38. The van der Waals surface area contributed by atoms with Gasteiger partial charge in [-0.05, 0) is 18.8 Å². The molecule has 0 aromatic rings. The van der Waals surface area contributed by atoms with Gasteiger partial charge in [0.05, 0.1) is 5.92 Å². The lowest BCUT2D eigenvalue weighted by molar-refractivity contribution is -0.152. The minimum absolute atomic E-state index is 0.130. The van der Waals surface area contributed by atoms with E-state index in [2.05, 4.69) is 6.92 Å². The Bertz CT molecular complexity index is 114. The summed E-state index contributed by atoms with van der Waals surface area (Å²) in [6.07, 6.45) is 2.81. The molecule has 0 amide bonds. The molecule has 1 radical (unpaired) electrons. The molecule has 1 saturated carbocycles. The normalized spacial score (nSPS) is 33.4. The Morgan fingerprint density at radius 1 is 1.56 bits per heavy atom. The van der Waals surface area contributed by atoms with Crippen LogP contribution in [0.5, 0.6) is 0 Å². The maximum atomic E-state index is 10.1. The number of carbonyl (C=O) groups is 1. The molecule has 1 aliphatic carbocycles. The van der Waals surface area contributed by atoms with Gasteiger partial charge < -0.3 is 0 Å². The van der Waals surface area contributed by atoms with Crippen molar-refractivity contribution in [3.05, 3.63) is 0 Å². The predicted molar refractivity (Wildman–Crippen MR) is 32.2 cm³/mol. The van der Waals surface area contributed by atoms with Crippen molar-refractivity contribution in [1.82, 2.24) is 0 Å². The lowest BCUT2D eigenvalue weighted by Gasteiger charge is -2.30. The number of rotatable bonds is 2. The third-order valence-electron chi connectivity index (χ3n) is 2.15. The van der Waals surface area contributed by atoms with Crippen LogP contribution in [-0.4, -0.2) is 5.97 Å². The molecule has 1 rings (SSSR count). The summed E-state index contributed by atoms with van der Waals surface area (Å²) >= 11 is 0. The van der Waals surface area contributed by atoms with Crippen LogP contribution in [0.4, 0.5) is 0 Å². The molecule has 1 fully saturated rings. The van der Waals surface area contributed by atoms with Crippen LogP contribution in [0.2, 0.25) is 0 Å². The SMILES string of the molecule is CCC1CC(C([O])=O)C1. The first kappa shape index (κ1) is 6.59. The maximum Gasteiger partial charge on any atom is 0.358 e. The zero-order chi connectivity index (χ0) is 6.85. The summed E-state index contributed by atoms with van der Waals surface area (Å²) in [6, 6.07) is 0. The first-order chi connectivity index (χ1) is 4.24. The molecule has 0 aromatic heterocycles. The minimum atomic E-state index is -0.861. The first-order valence-electron chi connectivity index (χ1n) is 3.45. The summed E-state index contributed by atoms with van der Waals surface area (Å²) in [7, 11) is 0. The lowest BCUT2D eigenvalue weighted by Crippen LogP contribution is -2.28. The van der Waals surface area contributed by atoms with E-state index in [-0.39, 0.29) is 5.92 Å². The Morgan fingerprint density at radius 2 is 2.11 bits per heavy atom. The van der Waals surface area contributed by atoms with Crippen LogP contribution in [0, 0.1) is 11.8 Å². The van der Waals surface area contributed by atoms with Gasteiger partial charge in [-0.25, -0.2) is 9.90 Å². The average Bonchev–Trinajstić information content (AvgIpc) is 1.61. The number of carbonyl (C=O) groups excluding carboxylic acids is 1. The van der Waals surface area contributed by atoms with Crippen LogP contribution in [-0.2, 0) is 9.90 Å². The van der Waals surface area contributed by atoms with E-state index in [1.807, 2.05) is 0 Å². The molecule has 0 aromatic carbocycles. The van der Waals surface area contributed by atoms with Gasteiger partial charge >= 0.3 is 5.97 Å². The largest absolute Gasteiger partial charge is 0.358 e. The Kier molecular flexibility index (Phi) is 1.74. The third-order valence-corrected chi connectivity index (χ3v) is 2.15. The standard InChI is InChI=1S/C7H11O2/c1-2-5-3-6(4-5)7(8)9/h5-6H,2-4H2,1H3. The van der Waals surface area contributed by atoms with Gasteiger partial charge in [-0.15, -0.1) is 0 Å². The molecule has 1 aliphatic rings. The second-order valence-electron chi connectivity index (χ2n) is 2.76. The van der Waals surface area contributed by atoms with Crippen molar-refractivity contribution in [3.8, 4) is 0 Å². The third kappa shape index (κ3) is 1.23. The number of hydrogen-bond donors (Lipinski definition) is 0. The van der Waals surface area contributed by atoms with E-state index in [0.717, 1.165) is 19.3 Å². The zero-order valence-electron chi connectivity index (χ0n) is 5.59. The first-order valence-corrected chi connectivity index (χ1v) is 3.45. The summed E-state index contributed by atoms with van der Waals surface area (Å²) in [5, 5.41) is 10.1. The molecule has 0 N–H and O–H groups in total. The summed E-state index contributed by atoms with van der Waals surface area (Å²) in [5.41, 5.74) is 0. The molecule has 0 aliphatic heterocycles. The van der Waals surface area contributed by atoms with Gasteiger partial charge in [0.15, 0.2) is 0 Å². The Balaban J connectivity index is 2.19. The molecule has 0 spiro atoms. The van der Waals surface area contributed by atoms with Crippen molar-refractivity contribution in [2.24, 2.45) is 11.8 Å². The van der Waals surface area contributed by atoms with Crippen LogP contribution in [0.1, 0.15) is 26.2 Å². The van der Waals surface area contributed by atoms with E-state index >= 15 is 0 Å². The van der Waals surface area contributed by atoms with E-state index in [1.165, 1.54) is 0 Å². The Morgan fingerprint density at radius 3 is 2.44 bits per heavy atom. The highest BCUT2D eigenvalue weighted by Gasteiger charge is 2.33. The smallest absolute Gasteiger partial charge is 0.247 e. The predicted octanol–water partition coefficient (Wildman–Crippen LogP) is 1.38. The molecule has 2 heteroatoms. The van der Waals surface area contributed by atoms with Gasteiger partial charge in [0.2, 0.25) is 0 Å². The highest BCUT2D eigenvalue weighted by atomic mass is 16.4. The summed E-state index contributed by atoms with van der Waals surface area (Å²) < 4.78 is 0. The zero-order valence-corrected chi connectivity index (χ0v) is 5.59. The van der Waals surface area contributed by atoms with Crippen molar-refractivity contribution < 1.29 is 9.90 Å². The quantitative estimate of drug-likeness (QED) is 0.552. The molecular formula is C7H11O2. The van der Waals surface area contributed by atoms with Crippen molar-refractivity contribution >= 4 is 5.97 Å². The molecule has 0 heterocycles. The number of hydrogen-bond acceptors (Lipinski definition) is 1. The average molecular weight is 127 g/mol. The van der Waals surface area contributed by atoms with Gasteiger partial charge in [0.25, 0.3) is 0 Å². The summed E-state index contributed by atoms with van der Waals surface area (Å²) in [5.74, 6) is -0.331. The topological polar surface area (TPSA) is 37.0 Å². The van der Waals surface area contributed by atoms with Gasteiger partial charge in [-0.2, -0.15) is 0 Å². The van der Waals surface area contributed by atoms with E-state index in [1.54, 1.807) is 0 Å². The van der Waals surface area contributed by atoms with Gasteiger partial charge in [0, 0.05) is 0 Å². The van der Waals surface area contributed by atoms with Crippen molar-refractivity contribution in [3.63, 3.8) is 0 Å². The van der Waals surface area contributed by atoms with Gasteiger partial charge in [-0.3, -0.25) is 0 Å². The molecule has 51 valence electrons. The van der Waals surface area contributed by atoms with Crippen molar-refractivity contribution in [2.75, 3.05) is 0 Å². The van der Waals surface area contributed by atoms with E-state index in [0.29, 0.717) is 5.92 Å². The van der Waals surface area contributed by atoms with Crippen LogP contribution in [0.25, 0.3) is 0 Å². The van der Waals surface area contributed by atoms with Crippen molar-refractivity contribution in [2.45, 2.75) is 26.2 Å². The Labute approximate surface area is 54.9 Å². The molecule has 0 bridgehead atoms. The highest BCUT2D eigenvalue weighted by molar-refractivity contribution is 5.70. The fourth-order valence-electron chi connectivity index (χ4n) is 1.26. The molecule has 9 heavy (non-hydrogen) atoms. The van der Waals surface area contributed by atoms with E-state index < -0.39 is 5.97 Å². The van der Waals surface area contributed by atoms with Gasteiger partial charge in [0.1, 0.15) is 0 Å². The highest BCUT2D eigenvalue weighted by Crippen LogP contribution is 2.35. The molecule has 0 unspecified atom stereocenters. The molecule has 0 saturated heterocycles. The van der Waals surface area contributed by atoms with Crippen LogP contribution < -0.4 is 0 Å². The molecule has 2 nitrogen and oxygen atoms in total. The van der Waals surface area contributed by atoms with E-state index in [9.17, 15) is 9.90 Å². The molecular weight excluding hydrogens is 116 g/mol. The monoisotopic (exact) mass is 127 g/mol. The lowest BCUT2D eigenvalue weighted by atomic mass is 9.74. The van der Waals surface area contributed by atoms with E-state index in [4.69, 9.17) is 0 Å². The summed E-state index contributed by atoms with van der Waals surface area (Å²) in [4.78, 5) is 10.1. The Hall–Kier alpha value is -0.530. The van der Waals surface area contributed by atoms with Crippen LogP contribution >= 0.6 is 0 Å². The molecule has 0 atom stereocenters. The van der Waals surface area contributed by atoms with Crippen LogP contribution in [0.15, 0.2) is 0 Å². The fourth-order valence-corrected chi connectivity index (χ4v) is 1.26. The van der Waals surface area contributed by atoms with Crippen LogP contribution in [0.3, 0.4) is 0 Å². The summed E-state index contributed by atoms with van der Waals surface area (Å²) in [6.45, 7) is 2.09.